The van der Waals surface area contributed by atoms with Crippen molar-refractivity contribution in [2.24, 2.45) is 0 Å². The third kappa shape index (κ3) is 4.26. The lowest BCUT2D eigenvalue weighted by atomic mass is 9.82. The molecule has 2 heterocycles. The minimum atomic E-state index is -0.419. The molecular weight excluding hydrogens is 369 g/mol. The lowest BCUT2D eigenvalue weighted by molar-refractivity contribution is 0.0576. The van der Waals surface area contributed by atoms with Gasteiger partial charge in [-0.3, -0.25) is 4.79 Å². The number of nitrogens with zero attached hydrogens (tertiary/aromatic N) is 1. The second kappa shape index (κ2) is 8.23. The number of nitrogens with one attached hydrogen (secondary N) is 2. The van der Waals surface area contributed by atoms with Crippen LogP contribution >= 0.6 is 0 Å². The number of carbonyl (C=O) groups is 2. The normalized spacial score (nSPS) is 23.4. The average Bonchev–Trinajstić information content (AvgIpc) is 2.69. The van der Waals surface area contributed by atoms with Gasteiger partial charge in [-0.2, -0.15) is 0 Å². The molecule has 2 aromatic rings. The van der Waals surface area contributed by atoms with Crippen molar-refractivity contribution < 1.29 is 14.0 Å². The van der Waals surface area contributed by atoms with E-state index in [1.165, 1.54) is 18.2 Å². The number of para-hydroxylation sites is 1. The predicted molar refractivity (Wildman–Crippen MR) is 110 cm³/mol. The Balaban J connectivity index is 1.43. The molecule has 2 aliphatic heterocycles. The van der Waals surface area contributed by atoms with E-state index in [2.05, 4.69) is 10.6 Å². The van der Waals surface area contributed by atoms with Gasteiger partial charge < -0.3 is 15.5 Å². The van der Waals surface area contributed by atoms with Crippen molar-refractivity contribution in [3.63, 3.8) is 0 Å². The van der Waals surface area contributed by atoms with Crippen LogP contribution in [0, 0.1) is 12.7 Å². The molecule has 2 bridgehead atoms. The van der Waals surface area contributed by atoms with Crippen LogP contribution in [0.15, 0.2) is 48.5 Å². The van der Waals surface area contributed by atoms with Gasteiger partial charge in [-0.05, 0) is 68.9 Å². The van der Waals surface area contributed by atoms with E-state index in [9.17, 15) is 14.0 Å². The van der Waals surface area contributed by atoms with Gasteiger partial charge in [-0.15, -0.1) is 0 Å². The molecule has 3 atom stereocenters. The number of urea groups is 1. The summed E-state index contributed by atoms with van der Waals surface area (Å²) >= 11 is 0. The summed E-state index contributed by atoms with van der Waals surface area (Å²) in [6.45, 7) is 1.98. The Morgan fingerprint density at radius 1 is 1.03 bits per heavy atom. The highest BCUT2D eigenvalue weighted by atomic mass is 19.1. The third-order valence-corrected chi connectivity index (χ3v) is 6.02. The second-order valence-electron chi connectivity index (χ2n) is 8.04. The Bertz CT molecular complexity index is 903. The lowest BCUT2D eigenvalue weighted by Gasteiger charge is -2.48. The second-order valence-corrected chi connectivity index (χ2v) is 8.04. The minimum Gasteiger partial charge on any atom is -0.349 e. The number of rotatable bonds is 3. The number of benzene rings is 2. The number of aryl methyl sites for hydroxylation is 1. The van der Waals surface area contributed by atoms with Crippen molar-refractivity contribution in [1.82, 2.24) is 10.2 Å². The van der Waals surface area contributed by atoms with E-state index in [-0.39, 0.29) is 30.1 Å². The molecule has 0 aromatic heterocycles. The predicted octanol–water partition coefficient (Wildman–Crippen LogP) is 4.48. The van der Waals surface area contributed by atoms with Crippen LogP contribution in [0.2, 0.25) is 0 Å². The first kappa shape index (κ1) is 19.4. The summed E-state index contributed by atoms with van der Waals surface area (Å²) in [5.74, 6) is -0.678. The standard InChI is InChI=1S/C23H26FN3O2/c1-15-6-2-3-11-21(15)26-23(29)27-19-9-5-10-20(27)14-18(13-19)25-22(28)16-7-4-8-17(24)12-16/h2-4,6-8,11-12,18-20H,5,9-10,13-14H2,1H3,(H,25,28)(H,26,29)/t18?,19-,20+. The summed E-state index contributed by atoms with van der Waals surface area (Å²) in [6, 6.07) is 13.6. The van der Waals surface area contributed by atoms with Crippen molar-refractivity contribution in [3.8, 4) is 0 Å². The first-order valence-corrected chi connectivity index (χ1v) is 10.2. The fraction of sp³-hybridized carbons (Fsp3) is 0.391. The largest absolute Gasteiger partial charge is 0.349 e. The number of hydrogen-bond acceptors (Lipinski definition) is 2. The fourth-order valence-corrected chi connectivity index (χ4v) is 4.62. The number of anilines is 1. The molecule has 0 spiro atoms. The Kier molecular flexibility index (Phi) is 5.51. The quantitative estimate of drug-likeness (QED) is 0.805. The molecule has 2 saturated heterocycles. The molecule has 2 aliphatic rings. The molecule has 29 heavy (non-hydrogen) atoms. The van der Waals surface area contributed by atoms with Gasteiger partial charge >= 0.3 is 6.03 Å². The zero-order valence-electron chi connectivity index (χ0n) is 16.5. The highest BCUT2D eigenvalue weighted by molar-refractivity contribution is 5.94. The van der Waals surface area contributed by atoms with Crippen LogP contribution in [0.5, 0.6) is 0 Å². The third-order valence-electron chi connectivity index (χ3n) is 6.02. The Labute approximate surface area is 170 Å². The molecule has 0 radical (unpaired) electrons. The first-order chi connectivity index (χ1) is 14.0. The minimum absolute atomic E-state index is 0.0106. The topological polar surface area (TPSA) is 61.4 Å². The zero-order valence-corrected chi connectivity index (χ0v) is 16.5. The number of fused-ring (bicyclic) bond motifs is 2. The van der Waals surface area contributed by atoms with Crippen molar-refractivity contribution >= 4 is 17.6 Å². The van der Waals surface area contributed by atoms with E-state index in [4.69, 9.17) is 0 Å². The highest BCUT2D eigenvalue weighted by Crippen LogP contribution is 2.35. The van der Waals surface area contributed by atoms with Gasteiger partial charge in [0.25, 0.3) is 5.91 Å². The van der Waals surface area contributed by atoms with Crippen LogP contribution in [0.4, 0.5) is 14.9 Å². The van der Waals surface area contributed by atoms with Gasteiger partial charge in [0.05, 0.1) is 0 Å². The molecule has 5 nitrogen and oxygen atoms in total. The smallest absolute Gasteiger partial charge is 0.322 e. The van der Waals surface area contributed by atoms with E-state index in [0.29, 0.717) is 5.56 Å². The van der Waals surface area contributed by atoms with Crippen molar-refractivity contribution in [2.45, 2.75) is 57.2 Å². The van der Waals surface area contributed by atoms with E-state index < -0.39 is 5.82 Å². The van der Waals surface area contributed by atoms with Gasteiger partial charge in [-0.1, -0.05) is 24.3 Å². The van der Waals surface area contributed by atoms with E-state index in [1.54, 1.807) is 6.07 Å². The Hall–Kier alpha value is -2.89. The summed E-state index contributed by atoms with van der Waals surface area (Å²) in [5, 5.41) is 6.10. The molecule has 2 fully saturated rings. The van der Waals surface area contributed by atoms with Crippen LogP contribution in [0.1, 0.15) is 48.0 Å². The van der Waals surface area contributed by atoms with E-state index >= 15 is 0 Å². The number of hydrogen-bond donors (Lipinski definition) is 2. The van der Waals surface area contributed by atoms with Gasteiger partial charge in [0.2, 0.25) is 0 Å². The van der Waals surface area contributed by atoms with Gasteiger partial charge in [0, 0.05) is 29.4 Å². The molecule has 152 valence electrons. The van der Waals surface area contributed by atoms with Crippen LogP contribution in [-0.2, 0) is 0 Å². The molecule has 0 saturated carbocycles. The molecule has 1 unspecified atom stereocenters. The molecule has 4 rings (SSSR count). The lowest BCUT2D eigenvalue weighted by Crippen LogP contribution is -2.59. The molecular formula is C23H26FN3O2. The van der Waals surface area contributed by atoms with Gasteiger partial charge in [0.1, 0.15) is 5.82 Å². The van der Waals surface area contributed by atoms with Crippen molar-refractivity contribution in [2.75, 3.05) is 5.32 Å². The van der Waals surface area contributed by atoms with Crippen LogP contribution < -0.4 is 10.6 Å². The molecule has 0 aliphatic carbocycles. The molecule has 2 N–H and O–H groups in total. The van der Waals surface area contributed by atoms with E-state index in [1.807, 2.05) is 36.1 Å². The number of piperidine rings is 2. The summed E-state index contributed by atoms with van der Waals surface area (Å²) < 4.78 is 13.4. The maximum Gasteiger partial charge on any atom is 0.322 e. The maximum absolute atomic E-state index is 13.4. The fourth-order valence-electron chi connectivity index (χ4n) is 4.62. The summed E-state index contributed by atoms with van der Waals surface area (Å²) in [4.78, 5) is 27.5. The van der Waals surface area contributed by atoms with Crippen molar-refractivity contribution in [1.29, 1.82) is 0 Å². The average molecular weight is 395 g/mol. The Morgan fingerprint density at radius 3 is 2.45 bits per heavy atom. The van der Waals surface area contributed by atoms with Crippen LogP contribution in [0.25, 0.3) is 0 Å². The van der Waals surface area contributed by atoms with Gasteiger partial charge in [-0.25, -0.2) is 9.18 Å². The SMILES string of the molecule is Cc1ccccc1NC(=O)N1[C@@H]2CCC[C@H]1CC(NC(=O)c1cccc(F)c1)C2. The maximum atomic E-state index is 13.4. The number of carbonyl (C=O) groups excluding carboxylic acids is 2. The number of amides is 3. The zero-order chi connectivity index (χ0) is 20.4. The molecule has 3 amide bonds. The first-order valence-electron chi connectivity index (χ1n) is 10.2. The molecule has 2 aromatic carbocycles. The molecule has 6 heteroatoms. The van der Waals surface area contributed by atoms with Crippen LogP contribution in [0.3, 0.4) is 0 Å². The van der Waals surface area contributed by atoms with Gasteiger partial charge in [0.15, 0.2) is 0 Å². The summed E-state index contributed by atoms with van der Waals surface area (Å²) in [7, 11) is 0. The monoisotopic (exact) mass is 395 g/mol. The van der Waals surface area contributed by atoms with Crippen molar-refractivity contribution in [3.05, 3.63) is 65.5 Å². The summed E-state index contributed by atoms with van der Waals surface area (Å²) in [6.07, 6.45) is 4.40. The highest BCUT2D eigenvalue weighted by Gasteiger charge is 2.41. The van der Waals surface area contributed by atoms with Crippen LogP contribution in [-0.4, -0.2) is 35.0 Å². The number of halogens is 1. The van der Waals surface area contributed by atoms with E-state index in [0.717, 1.165) is 43.4 Å². The Morgan fingerprint density at radius 2 is 1.76 bits per heavy atom. The summed E-state index contributed by atoms with van der Waals surface area (Å²) in [5.41, 5.74) is 2.19.